The first-order valence-electron chi connectivity index (χ1n) is 8.01. The van der Waals surface area contributed by atoms with E-state index in [4.69, 9.17) is 0 Å². The molecule has 0 spiro atoms. The molecular weight excluding hydrogens is 283 g/mol. The number of urea groups is 1. The molecule has 3 rings (SSSR count). The number of nitrogens with one attached hydrogen (secondary N) is 2. The van der Waals surface area contributed by atoms with E-state index in [-0.39, 0.29) is 23.9 Å². The monoisotopic (exact) mass is 306 g/mol. The number of carbonyl (C=O) groups excluding carboxylic acids is 1. The second-order valence-corrected chi connectivity index (χ2v) is 6.74. The number of hydrogen-bond donors (Lipinski definition) is 3. The standard InChI is InChI=1S/C17H23FN2O2/c18-14-5-3-4-13(10-14)16(8-9-16)11-19-15(22)20-17(12-21)6-1-2-7-17/h3-5,10,21H,1-2,6-9,11-12H2,(H2,19,20,22). The predicted molar refractivity (Wildman–Crippen MR) is 82.1 cm³/mol. The Morgan fingerprint density at radius 1 is 1.23 bits per heavy atom. The summed E-state index contributed by atoms with van der Waals surface area (Å²) in [6.07, 6.45) is 5.64. The topological polar surface area (TPSA) is 61.4 Å². The van der Waals surface area contributed by atoms with Crippen LogP contribution in [0.3, 0.4) is 0 Å². The minimum atomic E-state index is -0.459. The Labute approximate surface area is 130 Å². The zero-order valence-electron chi connectivity index (χ0n) is 12.7. The van der Waals surface area contributed by atoms with Crippen LogP contribution in [-0.4, -0.2) is 29.8 Å². The number of hydrogen-bond acceptors (Lipinski definition) is 2. The fraction of sp³-hybridized carbons (Fsp3) is 0.588. The second kappa shape index (κ2) is 5.88. The summed E-state index contributed by atoms with van der Waals surface area (Å²) in [5.41, 5.74) is 0.367. The van der Waals surface area contributed by atoms with Crippen molar-refractivity contribution in [2.24, 2.45) is 0 Å². The first kappa shape index (κ1) is 15.3. The third-order valence-electron chi connectivity index (χ3n) is 5.12. The fourth-order valence-electron chi connectivity index (χ4n) is 3.45. The van der Waals surface area contributed by atoms with Crippen molar-refractivity contribution in [3.63, 3.8) is 0 Å². The molecule has 1 aromatic carbocycles. The summed E-state index contributed by atoms with van der Waals surface area (Å²) in [5.74, 6) is -0.238. The van der Waals surface area contributed by atoms with Crippen LogP contribution in [0.25, 0.3) is 0 Å². The van der Waals surface area contributed by atoms with Gasteiger partial charge in [-0.2, -0.15) is 0 Å². The van der Waals surface area contributed by atoms with Crippen LogP contribution < -0.4 is 10.6 Å². The number of aliphatic hydroxyl groups excluding tert-OH is 1. The summed E-state index contributed by atoms with van der Waals surface area (Å²) < 4.78 is 13.4. The Balaban J connectivity index is 1.57. The molecule has 0 bridgehead atoms. The molecule has 0 atom stereocenters. The molecule has 0 saturated heterocycles. The Morgan fingerprint density at radius 2 is 1.95 bits per heavy atom. The maximum absolute atomic E-state index is 13.4. The third kappa shape index (κ3) is 3.09. The number of rotatable bonds is 5. The van der Waals surface area contributed by atoms with E-state index in [1.54, 1.807) is 12.1 Å². The summed E-state index contributed by atoms with van der Waals surface area (Å²) in [7, 11) is 0. The van der Waals surface area contributed by atoms with Gasteiger partial charge in [-0.05, 0) is 43.4 Å². The molecule has 22 heavy (non-hydrogen) atoms. The molecule has 5 heteroatoms. The lowest BCUT2D eigenvalue weighted by Gasteiger charge is -2.28. The van der Waals surface area contributed by atoms with Crippen molar-refractivity contribution >= 4 is 6.03 Å². The number of benzene rings is 1. The highest BCUT2D eigenvalue weighted by Crippen LogP contribution is 2.47. The molecule has 3 N–H and O–H groups in total. The van der Waals surface area contributed by atoms with Crippen molar-refractivity contribution < 1.29 is 14.3 Å². The Morgan fingerprint density at radius 3 is 2.55 bits per heavy atom. The molecule has 4 nitrogen and oxygen atoms in total. The van der Waals surface area contributed by atoms with Crippen molar-refractivity contribution in [2.45, 2.75) is 49.5 Å². The molecule has 2 fully saturated rings. The Bertz CT molecular complexity index is 551. The van der Waals surface area contributed by atoms with Gasteiger partial charge in [0.1, 0.15) is 5.82 Å². The molecular formula is C17H23FN2O2. The zero-order chi connectivity index (χ0) is 15.6. The molecule has 0 aliphatic heterocycles. The smallest absolute Gasteiger partial charge is 0.315 e. The van der Waals surface area contributed by atoms with Gasteiger partial charge in [0.05, 0.1) is 12.1 Å². The van der Waals surface area contributed by atoms with E-state index < -0.39 is 5.54 Å². The second-order valence-electron chi connectivity index (χ2n) is 6.74. The van der Waals surface area contributed by atoms with E-state index in [1.165, 1.54) is 6.07 Å². The molecule has 0 radical (unpaired) electrons. The van der Waals surface area contributed by atoms with Crippen LogP contribution in [0.2, 0.25) is 0 Å². The molecule has 0 aromatic heterocycles. The molecule has 0 unspecified atom stereocenters. The largest absolute Gasteiger partial charge is 0.394 e. The molecule has 2 aliphatic carbocycles. The van der Waals surface area contributed by atoms with Crippen molar-refractivity contribution in [1.82, 2.24) is 10.6 Å². The summed E-state index contributed by atoms with van der Waals surface area (Å²) >= 11 is 0. The van der Waals surface area contributed by atoms with Gasteiger partial charge in [-0.1, -0.05) is 25.0 Å². The van der Waals surface area contributed by atoms with Gasteiger partial charge in [0.15, 0.2) is 0 Å². The van der Waals surface area contributed by atoms with Gasteiger partial charge in [0.2, 0.25) is 0 Å². The van der Waals surface area contributed by atoms with Gasteiger partial charge in [-0.25, -0.2) is 9.18 Å². The van der Waals surface area contributed by atoms with E-state index in [1.807, 2.05) is 6.07 Å². The lowest BCUT2D eigenvalue weighted by atomic mass is 9.96. The summed E-state index contributed by atoms with van der Waals surface area (Å²) in [4.78, 5) is 12.1. The van der Waals surface area contributed by atoms with Gasteiger partial charge in [-0.15, -0.1) is 0 Å². The third-order valence-corrected chi connectivity index (χ3v) is 5.12. The molecule has 2 amide bonds. The van der Waals surface area contributed by atoms with E-state index in [9.17, 15) is 14.3 Å². The number of carbonyl (C=O) groups is 1. The minimum absolute atomic E-state index is 0.0184. The molecule has 120 valence electrons. The van der Waals surface area contributed by atoms with Gasteiger partial charge >= 0.3 is 6.03 Å². The first-order chi connectivity index (χ1) is 10.6. The Hall–Kier alpha value is -1.62. The lowest BCUT2D eigenvalue weighted by Crippen LogP contribution is -2.53. The summed E-state index contributed by atoms with van der Waals surface area (Å²) in [6, 6.07) is 6.38. The number of amides is 2. The first-order valence-corrected chi connectivity index (χ1v) is 8.01. The SMILES string of the molecule is O=C(NCC1(c2cccc(F)c2)CC1)NC1(CO)CCCC1. The maximum atomic E-state index is 13.4. The van der Waals surface area contributed by atoms with Crippen LogP contribution >= 0.6 is 0 Å². The van der Waals surface area contributed by atoms with E-state index in [0.717, 1.165) is 44.1 Å². The quantitative estimate of drug-likeness (QED) is 0.782. The number of aliphatic hydroxyl groups is 1. The van der Waals surface area contributed by atoms with Gasteiger partial charge < -0.3 is 15.7 Å². The highest BCUT2D eigenvalue weighted by atomic mass is 19.1. The average Bonchev–Trinajstić information content (AvgIpc) is 3.18. The fourth-order valence-corrected chi connectivity index (χ4v) is 3.45. The molecule has 2 aliphatic rings. The Kier molecular flexibility index (Phi) is 4.08. The number of halogens is 1. The van der Waals surface area contributed by atoms with Crippen LogP contribution in [0.1, 0.15) is 44.1 Å². The lowest BCUT2D eigenvalue weighted by molar-refractivity contribution is 0.162. The van der Waals surface area contributed by atoms with Crippen LogP contribution in [0.5, 0.6) is 0 Å². The minimum Gasteiger partial charge on any atom is -0.394 e. The van der Waals surface area contributed by atoms with Gasteiger partial charge in [-0.3, -0.25) is 0 Å². The van der Waals surface area contributed by atoms with Crippen molar-refractivity contribution in [1.29, 1.82) is 0 Å². The van der Waals surface area contributed by atoms with Crippen LogP contribution in [0.4, 0.5) is 9.18 Å². The van der Waals surface area contributed by atoms with Crippen molar-refractivity contribution in [3.05, 3.63) is 35.6 Å². The van der Waals surface area contributed by atoms with Crippen LogP contribution in [0, 0.1) is 5.82 Å². The predicted octanol–water partition coefficient (Wildman–Crippen LogP) is 2.46. The highest BCUT2D eigenvalue weighted by molar-refractivity contribution is 5.75. The van der Waals surface area contributed by atoms with Crippen molar-refractivity contribution in [2.75, 3.05) is 13.2 Å². The zero-order valence-corrected chi connectivity index (χ0v) is 12.7. The summed E-state index contributed by atoms with van der Waals surface area (Å²) in [5, 5.41) is 15.4. The highest BCUT2D eigenvalue weighted by Gasteiger charge is 2.45. The van der Waals surface area contributed by atoms with E-state index >= 15 is 0 Å². The van der Waals surface area contributed by atoms with Gasteiger partial charge in [0, 0.05) is 12.0 Å². The maximum Gasteiger partial charge on any atom is 0.315 e. The molecule has 0 heterocycles. The summed E-state index contributed by atoms with van der Waals surface area (Å²) in [6.45, 7) is 0.485. The normalized spacial score (nSPS) is 21.4. The van der Waals surface area contributed by atoms with Crippen LogP contribution in [0.15, 0.2) is 24.3 Å². The molecule has 1 aromatic rings. The molecule has 2 saturated carbocycles. The van der Waals surface area contributed by atoms with E-state index in [0.29, 0.717) is 6.54 Å². The van der Waals surface area contributed by atoms with Crippen LogP contribution in [-0.2, 0) is 5.41 Å². The van der Waals surface area contributed by atoms with Crippen molar-refractivity contribution in [3.8, 4) is 0 Å². The van der Waals surface area contributed by atoms with Gasteiger partial charge in [0.25, 0.3) is 0 Å². The van der Waals surface area contributed by atoms with E-state index in [2.05, 4.69) is 10.6 Å². The average molecular weight is 306 g/mol.